The Morgan fingerprint density at radius 2 is 2.00 bits per heavy atom. The summed E-state index contributed by atoms with van der Waals surface area (Å²) in [6.45, 7) is 5.99. The van der Waals surface area contributed by atoms with E-state index in [1.165, 1.54) is 0 Å². The van der Waals surface area contributed by atoms with Crippen LogP contribution in [0.25, 0.3) is 0 Å². The van der Waals surface area contributed by atoms with E-state index < -0.39 is 6.04 Å². The molecule has 0 bridgehead atoms. The van der Waals surface area contributed by atoms with Crippen molar-refractivity contribution in [3.8, 4) is 0 Å². The zero-order chi connectivity index (χ0) is 15.8. The Kier molecular flexibility index (Phi) is 6.88. The summed E-state index contributed by atoms with van der Waals surface area (Å²) in [5.74, 6) is -0.203. The summed E-state index contributed by atoms with van der Waals surface area (Å²) in [6.07, 6.45) is 1.51. The van der Waals surface area contributed by atoms with E-state index in [1.54, 1.807) is 0 Å². The average Bonchev–Trinajstić information content (AvgIpc) is 2.44. The molecular formula is C16H25N3O2. The zero-order valence-electron chi connectivity index (χ0n) is 13.0. The van der Waals surface area contributed by atoms with Gasteiger partial charge in [-0.25, -0.2) is 0 Å². The van der Waals surface area contributed by atoms with Crippen LogP contribution in [0.2, 0.25) is 0 Å². The van der Waals surface area contributed by atoms with Crippen LogP contribution in [-0.4, -0.2) is 24.4 Å². The molecule has 5 heteroatoms. The van der Waals surface area contributed by atoms with Crippen molar-refractivity contribution in [3.05, 3.63) is 29.8 Å². The molecule has 0 aliphatic heterocycles. The Morgan fingerprint density at radius 1 is 1.29 bits per heavy atom. The van der Waals surface area contributed by atoms with Gasteiger partial charge in [0.2, 0.25) is 11.8 Å². The molecule has 1 atom stereocenters. The molecule has 116 valence electrons. The molecule has 0 saturated carbocycles. The lowest BCUT2D eigenvalue weighted by Gasteiger charge is -2.14. The van der Waals surface area contributed by atoms with Gasteiger partial charge in [-0.1, -0.05) is 32.9 Å². The monoisotopic (exact) mass is 291 g/mol. The van der Waals surface area contributed by atoms with Crippen LogP contribution in [0.5, 0.6) is 0 Å². The first-order valence-corrected chi connectivity index (χ1v) is 7.34. The highest BCUT2D eigenvalue weighted by Gasteiger charge is 2.15. The number of rotatable bonds is 7. The number of anilines is 1. The topological polar surface area (TPSA) is 84.2 Å². The summed E-state index contributed by atoms with van der Waals surface area (Å²) in [6, 6.07) is 7.07. The van der Waals surface area contributed by atoms with Crippen molar-refractivity contribution in [1.82, 2.24) is 5.32 Å². The van der Waals surface area contributed by atoms with Gasteiger partial charge in [0.25, 0.3) is 0 Å². The van der Waals surface area contributed by atoms with E-state index in [9.17, 15) is 9.59 Å². The molecule has 1 aromatic carbocycles. The molecule has 0 aliphatic rings. The van der Waals surface area contributed by atoms with E-state index in [4.69, 9.17) is 5.73 Å². The molecule has 0 unspecified atom stereocenters. The lowest BCUT2D eigenvalue weighted by Crippen LogP contribution is -2.44. The first kappa shape index (κ1) is 17.2. The van der Waals surface area contributed by atoms with Gasteiger partial charge in [-0.15, -0.1) is 0 Å². The smallest absolute Gasteiger partial charge is 0.243 e. The Hall–Kier alpha value is -1.88. The second-order valence-electron chi connectivity index (χ2n) is 5.56. The summed E-state index contributed by atoms with van der Waals surface area (Å²) >= 11 is 0. The highest BCUT2D eigenvalue weighted by atomic mass is 16.2. The maximum atomic E-state index is 11.8. The minimum Gasteiger partial charge on any atom is -0.346 e. The van der Waals surface area contributed by atoms with Gasteiger partial charge >= 0.3 is 0 Å². The molecule has 1 aromatic rings. The van der Waals surface area contributed by atoms with Gasteiger partial charge < -0.3 is 16.4 Å². The van der Waals surface area contributed by atoms with Gasteiger partial charge in [-0.05, 0) is 36.5 Å². The van der Waals surface area contributed by atoms with Crippen LogP contribution in [0.15, 0.2) is 24.3 Å². The van der Waals surface area contributed by atoms with Gasteiger partial charge in [0.15, 0.2) is 0 Å². The van der Waals surface area contributed by atoms with Crippen LogP contribution < -0.4 is 16.4 Å². The SMILES string of the molecule is CCc1cccc(NC(=O)CNC(=O)[C@@H](N)CC(C)C)c1. The number of carbonyl (C=O) groups is 2. The van der Waals surface area contributed by atoms with Crippen molar-refractivity contribution in [2.24, 2.45) is 11.7 Å². The number of aryl methyl sites for hydroxylation is 1. The molecule has 0 heterocycles. The maximum Gasteiger partial charge on any atom is 0.243 e. The fraction of sp³-hybridized carbons (Fsp3) is 0.500. The van der Waals surface area contributed by atoms with E-state index in [0.717, 1.165) is 17.7 Å². The van der Waals surface area contributed by atoms with Crippen LogP contribution in [0.1, 0.15) is 32.8 Å². The first-order valence-electron chi connectivity index (χ1n) is 7.34. The molecule has 0 saturated heterocycles. The van der Waals surface area contributed by atoms with E-state index in [0.29, 0.717) is 12.3 Å². The standard InChI is InChI=1S/C16H25N3O2/c1-4-12-6-5-7-13(9-12)19-15(20)10-18-16(21)14(17)8-11(2)3/h5-7,9,11,14H,4,8,10,17H2,1-3H3,(H,18,21)(H,19,20)/t14-/m0/s1. The van der Waals surface area contributed by atoms with Crippen LogP contribution in [-0.2, 0) is 16.0 Å². The number of hydrogen-bond donors (Lipinski definition) is 3. The Morgan fingerprint density at radius 3 is 2.62 bits per heavy atom. The fourth-order valence-electron chi connectivity index (χ4n) is 1.99. The lowest BCUT2D eigenvalue weighted by atomic mass is 10.0. The molecule has 0 radical (unpaired) electrons. The van der Waals surface area contributed by atoms with E-state index in [1.807, 2.05) is 38.1 Å². The number of benzene rings is 1. The predicted molar refractivity (Wildman–Crippen MR) is 84.9 cm³/mol. The molecule has 0 spiro atoms. The number of nitrogens with one attached hydrogen (secondary N) is 2. The van der Waals surface area contributed by atoms with Crippen molar-refractivity contribution >= 4 is 17.5 Å². The molecule has 21 heavy (non-hydrogen) atoms. The van der Waals surface area contributed by atoms with E-state index in [2.05, 4.69) is 17.6 Å². The summed E-state index contributed by atoms with van der Waals surface area (Å²) in [7, 11) is 0. The largest absolute Gasteiger partial charge is 0.346 e. The van der Waals surface area contributed by atoms with Crippen molar-refractivity contribution in [2.45, 2.75) is 39.7 Å². The molecule has 5 nitrogen and oxygen atoms in total. The van der Waals surface area contributed by atoms with Gasteiger partial charge in [0.1, 0.15) is 0 Å². The van der Waals surface area contributed by atoms with Crippen LogP contribution in [0.3, 0.4) is 0 Å². The van der Waals surface area contributed by atoms with Gasteiger partial charge in [-0.3, -0.25) is 9.59 Å². The molecule has 0 aliphatic carbocycles. The Balaban J connectivity index is 2.41. The van der Waals surface area contributed by atoms with Gasteiger partial charge in [0.05, 0.1) is 12.6 Å². The number of carbonyl (C=O) groups excluding carboxylic acids is 2. The second kappa shape index (κ2) is 8.42. The Labute approximate surface area is 126 Å². The third-order valence-corrected chi connectivity index (χ3v) is 3.10. The number of nitrogens with two attached hydrogens (primary N) is 1. The third-order valence-electron chi connectivity index (χ3n) is 3.10. The molecule has 1 rings (SSSR count). The summed E-state index contributed by atoms with van der Waals surface area (Å²) < 4.78 is 0. The van der Waals surface area contributed by atoms with Crippen molar-refractivity contribution in [1.29, 1.82) is 0 Å². The van der Waals surface area contributed by atoms with Crippen LogP contribution >= 0.6 is 0 Å². The van der Waals surface area contributed by atoms with E-state index >= 15 is 0 Å². The Bertz CT molecular complexity index is 486. The summed E-state index contributed by atoms with van der Waals surface area (Å²) in [5, 5.41) is 5.32. The fourth-order valence-corrected chi connectivity index (χ4v) is 1.99. The highest BCUT2D eigenvalue weighted by Crippen LogP contribution is 2.10. The third kappa shape index (κ3) is 6.40. The first-order chi connectivity index (χ1) is 9.92. The highest BCUT2D eigenvalue weighted by molar-refractivity contribution is 5.95. The van der Waals surface area contributed by atoms with Gasteiger partial charge in [-0.2, -0.15) is 0 Å². The van der Waals surface area contributed by atoms with Gasteiger partial charge in [0, 0.05) is 5.69 Å². The molecule has 0 fully saturated rings. The quantitative estimate of drug-likeness (QED) is 0.714. The molecule has 2 amide bonds. The average molecular weight is 291 g/mol. The van der Waals surface area contributed by atoms with Crippen molar-refractivity contribution < 1.29 is 9.59 Å². The van der Waals surface area contributed by atoms with Crippen molar-refractivity contribution in [2.75, 3.05) is 11.9 Å². The second-order valence-corrected chi connectivity index (χ2v) is 5.56. The molecule has 4 N–H and O–H groups in total. The predicted octanol–water partition coefficient (Wildman–Crippen LogP) is 1.68. The normalized spacial score (nSPS) is 12.0. The minimum absolute atomic E-state index is 0.0685. The summed E-state index contributed by atoms with van der Waals surface area (Å²) in [4.78, 5) is 23.5. The number of amides is 2. The van der Waals surface area contributed by atoms with E-state index in [-0.39, 0.29) is 18.4 Å². The zero-order valence-corrected chi connectivity index (χ0v) is 13.0. The maximum absolute atomic E-state index is 11.8. The number of hydrogen-bond acceptors (Lipinski definition) is 3. The van der Waals surface area contributed by atoms with Crippen LogP contribution in [0.4, 0.5) is 5.69 Å². The summed E-state index contributed by atoms with van der Waals surface area (Å²) in [5.41, 5.74) is 7.64. The lowest BCUT2D eigenvalue weighted by molar-refractivity contribution is -0.125. The molecular weight excluding hydrogens is 266 g/mol. The minimum atomic E-state index is -0.568. The van der Waals surface area contributed by atoms with Crippen molar-refractivity contribution in [3.63, 3.8) is 0 Å². The van der Waals surface area contributed by atoms with Crippen LogP contribution in [0, 0.1) is 5.92 Å². The molecule has 0 aromatic heterocycles.